The van der Waals surface area contributed by atoms with Gasteiger partial charge < -0.3 is 5.32 Å². The third-order valence-corrected chi connectivity index (χ3v) is 3.62. The highest BCUT2D eigenvalue weighted by atomic mass is 32.1. The Kier molecular flexibility index (Phi) is 4.09. The van der Waals surface area contributed by atoms with Crippen LogP contribution in [-0.2, 0) is 13.1 Å². The van der Waals surface area contributed by atoms with E-state index in [-0.39, 0.29) is 5.82 Å². The Labute approximate surface area is 111 Å². The summed E-state index contributed by atoms with van der Waals surface area (Å²) in [5.41, 5.74) is 3.58. The van der Waals surface area contributed by atoms with E-state index in [0.29, 0.717) is 11.1 Å². The number of aromatic nitrogens is 1. The van der Waals surface area contributed by atoms with Gasteiger partial charge in [0.25, 0.3) is 0 Å². The van der Waals surface area contributed by atoms with Crippen LogP contribution in [-0.4, -0.2) is 4.98 Å². The molecule has 18 heavy (non-hydrogen) atoms. The van der Waals surface area contributed by atoms with Crippen molar-refractivity contribution < 1.29 is 4.39 Å². The number of hydrogen-bond acceptors (Lipinski definition) is 3. The molecule has 2 rings (SSSR count). The first-order chi connectivity index (χ1) is 8.56. The molecule has 1 heterocycles. The molecule has 96 valence electrons. The Balaban J connectivity index is 1.94. The zero-order valence-corrected chi connectivity index (χ0v) is 11.7. The minimum absolute atomic E-state index is 0.103. The Hall–Kier alpha value is -1.26. The first kappa shape index (κ1) is 13.2. The van der Waals surface area contributed by atoms with Crippen LogP contribution in [0.25, 0.3) is 0 Å². The molecule has 0 saturated heterocycles. The monoisotopic (exact) mass is 264 g/mol. The molecule has 2 nitrogen and oxygen atoms in total. The molecule has 0 aliphatic rings. The quantitative estimate of drug-likeness (QED) is 0.914. The van der Waals surface area contributed by atoms with E-state index in [2.05, 4.69) is 15.7 Å². The Morgan fingerprint density at radius 2 is 1.83 bits per heavy atom. The molecular formula is C14H17FN2S. The van der Waals surface area contributed by atoms with Crippen molar-refractivity contribution >= 4 is 11.3 Å². The lowest BCUT2D eigenvalue weighted by Crippen LogP contribution is -2.13. The summed E-state index contributed by atoms with van der Waals surface area (Å²) in [6.07, 6.45) is 0. The fraction of sp³-hybridized carbons (Fsp3) is 0.357. The third kappa shape index (κ3) is 3.15. The molecule has 0 spiro atoms. The van der Waals surface area contributed by atoms with Gasteiger partial charge in [0.1, 0.15) is 5.82 Å². The van der Waals surface area contributed by atoms with Crippen LogP contribution in [0.15, 0.2) is 17.5 Å². The van der Waals surface area contributed by atoms with Gasteiger partial charge in [-0.05, 0) is 37.5 Å². The highest BCUT2D eigenvalue weighted by Crippen LogP contribution is 2.15. The van der Waals surface area contributed by atoms with Crippen LogP contribution in [0, 0.1) is 26.6 Å². The van der Waals surface area contributed by atoms with E-state index in [1.807, 2.05) is 19.1 Å². The Bertz CT molecular complexity index is 525. The summed E-state index contributed by atoms with van der Waals surface area (Å²) in [5, 5.41) is 6.47. The molecular weight excluding hydrogens is 247 g/mol. The summed E-state index contributed by atoms with van der Waals surface area (Å²) in [7, 11) is 0. The maximum Gasteiger partial charge on any atom is 0.129 e. The first-order valence-corrected chi connectivity index (χ1v) is 6.81. The lowest BCUT2D eigenvalue weighted by atomic mass is 10.1. The second-order valence-corrected chi connectivity index (χ2v) is 5.57. The van der Waals surface area contributed by atoms with Gasteiger partial charge in [0.15, 0.2) is 0 Å². The molecule has 1 aromatic heterocycles. The van der Waals surface area contributed by atoms with Crippen LogP contribution in [0.4, 0.5) is 4.39 Å². The van der Waals surface area contributed by atoms with Gasteiger partial charge in [0.2, 0.25) is 0 Å². The summed E-state index contributed by atoms with van der Waals surface area (Å²) in [4.78, 5) is 4.39. The minimum Gasteiger partial charge on any atom is -0.307 e. The zero-order chi connectivity index (χ0) is 13.1. The second-order valence-electron chi connectivity index (χ2n) is 4.51. The summed E-state index contributed by atoms with van der Waals surface area (Å²) in [6.45, 7) is 7.09. The maximum absolute atomic E-state index is 13.5. The molecule has 4 heteroatoms. The van der Waals surface area contributed by atoms with Gasteiger partial charge in [-0.3, -0.25) is 0 Å². The molecule has 0 amide bonds. The van der Waals surface area contributed by atoms with Crippen molar-refractivity contribution in [3.63, 3.8) is 0 Å². The number of aryl methyl sites for hydroxylation is 3. The molecule has 0 unspecified atom stereocenters. The summed E-state index contributed by atoms with van der Waals surface area (Å²) in [5.74, 6) is -0.103. The van der Waals surface area contributed by atoms with Crippen LogP contribution in [0.5, 0.6) is 0 Å². The van der Waals surface area contributed by atoms with Gasteiger partial charge in [-0.25, -0.2) is 9.37 Å². The highest BCUT2D eigenvalue weighted by Gasteiger charge is 2.04. The summed E-state index contributed by atoms with van der Waals surface area (Å²) >= 11 is 1.66. The number of benzene rings is 1. The van der Waals surface area contributed by atoms with Gasteiger partial charge >= 0.3 is 0 Å². The molecule has 0 aliphatic carbocycles. The lowest BCUT2D eigenvalue weighted by molar-refractivity contribution is 0.605. The molecule has 1 N–H and O–H groups in total. The molecule has 0 bridgehead atoms. The average molecular weight is 264 g/mol. The number of nitrogens with one attached hydrogen (secondary N) is 1. The van der Waals surface area contributed by atoms with E-state index in [0.717, 1.165) is 29.4 Å². The standard InChI is InChI=1S/C14H17FN2S/c1-9-4-12(5-10(2)14(9)15)6-16-7-13-8-18-11(3)17-13/h4-5,8,16H,6-7H2,1-3H3. The normalized spacial score (nSPS) is 10.9. The van der Waals surface area contributed by atoms with Crippen molar-refractivity contribution in [2.45, 2.75) is 33.9 Å². The summed E-state index contributed by atoms with van der Waals surface area (Å²) in [6, 6.07) is 3.78. The molecule has 0 atom stereocenters. The van der Waals surface area contributed by atoms with E-state index in [4.69, 9.17) is 0 Å². The maximum atomic E-state index is 13.5. The van der Waals surface area contributed by atoms with Gasteiger partial charge in [-0.1, -0.05) is 12.1 Å². The smallest absolute Gasteiger partial charge is 0.129 e. The number of halogens is 1. The fourth-order valence-electron chi connectivity index (χ4n) is 1.96. The highest BCUT2D eigenvalue weighted by molar-refractivity contribution is 7.09. The molecule has 0 radical (unpaired) electrons. The third-order valence-electron chi connectivity index (χ3n) is 2.80. The molecule has 0 saturated carbocycles. The number of hydrogen-bond donors (Lipinski definition) is 1. The SMILES string of the molecule is Cc1nc(CNCc2cc(C)c(F)c(C)c2)cs1. The van der Waals surface area contributed by atoms with Crippen LogP contribution in [0.3, 0.4) is 0 Å². The van der Waals surface area contributed by atoms with Crippen molar-refractivity contribution in [1.82, 2.24) is 10.3 Å². The van der Waals surface area contributed by atoms with E-state index in [9.17, 15) is 4.39 Å². The van der Waals surface area contributed by atoms with Crippen molar-refractivity contribution in [3.8, 4) is 0 Å². The molecule has 1 aromatic carbocycles. The van der Waals surface area contributed by atoms with Gasteiger partial charge in [-0.2, -0.15) is 0 Å². The average Bonchev–Trinajstić information content (AvgIpc) is 2.72. The molecule has 0 aliphatic heterocycles. The van der Waals surface area contributed by atoms with E-state index in [1.54, 1.807) is 25.2 Å². The minimum atomic E-state index is -0.103. The van der Waals surface area contributed by atoms with Gasteiger partial charge in [-0.15, -0.1) is 11.3 Å². The van der Waals surface area contributed by atoms with E-state index < -0.39 is 0 Å². The second kappa shape index (κ2) is 5.59. The van der Waals surface area contributed by atoms with Crippen LogP contribution in [0.1, 0.15) is 27.4 Å². The summed E-state index contributed by atoms with van der Waals surface area (Å²) < 4.78 is 13.5. The predicted molar refractivity (Wildman–Crippen MR) is 73.3 cm³/mol. The van der Waals surface area contributed by atoms with Crippen LogP contribution < -0.4 is 5.32 Å². The Morgan fingerprint density at radius 1 is 1.17 bits per heavy atom. The lowest BCUT2D eigenvalue weighted by Gasteiger charge is -2.07. The van der Waals surface area contributed by atoms with Crippen molar-refractivity contribution in [1.29, 1.82) is 0 Å². The number of nitrogens with zero attached hydrogens (tertiary/aromatic N) is 1. The van der Waals surface area contributed by atoms with Gasteiger partial charge in [0.05, 0.1) is 10.7 Å². The van der Waals surface area contributed by atoms with E-state index in [1.165, 1.54) is 0 Å². The zero-order valence-electron chi connectivity index (χ0n) is 10.9. The topological polar surface area (TPSA) is 24.9 Å². The van der Waals surface area contributed by atoms with Crippen molar-refractivity contribution in [2.24, 2.45) is 0 Å². The number of thiazole rings is 1. The van der Waals surface area contributed by atoms with Crippen molar-refractivity contribution in [2.75, 3.05) is 0 Å². The van der Waals surface area contributed by atoms with Crippen LogP contribution >= 0.6 is 11.3 Å². The Morgan fingerprint density at radius 3 is 2.39 bits per heavy atom. The predicted octanol–water partition coefficient (Wildman–Crippen LogP) is 3.50. The largest absolute Gasteiger partial charge is 0.307 e. The van der Waals surface area contributed by atoms with E-state index >= 15 is 0 Å². The molecule has 2 aromatic rings. The van der Waals surface area contributed by atoms with Crippen LogP contribution in [0.2, 0.25) is 0 Å². The first-order valence-electron chi connectivity index (χ1n) is 5.93. The van der Waals surface area contributed by atoms with Gasteiger partial charge in [0, 0.05) is 18.5 Å². The fourth-order valence-corrected chi connectivity index (χ4v) is 2.57. The number of rotatable bonds is 4. The van der Waals surface area contributed by atoms with Crippen molar-refractivity contribution in [3.05, 3.63) is 50.7 Å². The molecule has 0 fully saturated rings.